The van der Waals surface area contributed by atoms with Gasteiger partial charge in [-0.15, -0.1) is 0 Å². The number of rotatable bonds is 3. The Bertz CT molecular complexity index is 729. The molecule has 2 aromatic carbocycles. The summed E-state index contributed by atoms with van der Waals surface area (Å²) in [6.45, 7) is 0. The lowest BCUT2D eigenvalue weighted by Gasteiger charge is -2.07. The summed E-state index contributed by atoms with van der Waals surface area (Å²) in [6.07, 6.45) is 0. The minimum absolute atomic E-state index is 0.213. The first-order chi connectivity index (χ1) is 8.91. The van der Waals surface area contributed by atoms with Crippen LogP contribution in [0.15, 0.2) is 53.4 Å². The van der Waals surface area contributed by atoms with Crippen LogP contribution < -0.4 is 0 Å². The molecule has 0 saturated carbocycles. The second-order valence-electron chi connectivity index (χ2n) is 3.71. The number of halogens is 1. The van der Waals surface area contributed by atoms with Crippen molar-refractivity contribution in [3.05, 3.63) is 58.6 Å². The van der Waals surface area contributed by atoms with E-state index >= 15 is 0 Å². The van der Waals surface area contributed by atoms with E-state index in [2.05, 4.69) is 0 Å². The van der Waals surface area contributed by atoms with Gasteiger partial charge in [0.2, 0.25) is 0 Å². The third-order valence-electron chi connectivity index (χ3n) is 2.52. The van der Waals surface area contributed by atoms with Crippen molar-refractivity contribution in [1.82, 2.24) is 0 Å². The summed E-state index contributed by atoms with van der Waals surface area (Å²) >= 11 is 0. The molecule has 0 spiro atoms. The predicted molar refractivity (Wildman–Crippen MR) is 71.6 cm³/mol. The second-order valence-corrected chi connectivity index (χ2v) is 6.22. The molecule has 0 unspecified atom stereocenters. The van der Waals surface area contributed by atoms with E-state index in [0.29, 0.717) is 5.56 Å². The van der Waals surface area contributed by atoms with E-state index < -0.39 is 24.6 Å². The van der Waals surface area contributed by atoms with Crippen LogP contribution in [-0.2, 0) is 9.05 Å². The van der Waals surface area contributed by atoms with Crippen LogP contribution in [0.25, 0.3) is 11.1 Å². The first kappa shape index (κ1) is 13.5. The predicted octanol–water partition coefficient (Wildman–Crippen LogP) is 3.19. The Morgan fingerprint density at radius 3 is 2.16 bits per heavy atom. The van der Waals surface area contributed by atoms with Crippen molar-refractivity contribution in [2.75, 3.05) is 0 Å². The van der Waals surface area contributed by atoms with Crippen LogP contribution in [0.2, 0.25) is 0 Å². The number of nitrogens with zero attached hydrogens (tertiary/aromatic N) is 1. The molecule has 98 valence electrons. The molecule has 19 heavy (non-hydrogen) atoms. The minimum atomic E-state index is -4.23. The lowest BCUT2D eigenvalue weighted by Crippen LogP contribution is -2.01. The number of nitro groups is 1. The highest BCUT2D eigenvalue weighted by Crippen LogP contribution is 2.36. The molecule has 0 heterocycles. The minimum Gasteiger partial charge on any atom is -0.258 e. The molecule has 2 aromatic rings. The molecule has 2 rings (SSSR count). The fourth-order valence-electron chi connectivity index (χ4n) is 1.77. The molecule has 0 fully saturated rings. The molecular weight excluding hydrogens is 290 g/mol. The van der Waals surface area contributed by atoms with E-state index in [4.69, 9.17) is 10.7 Å². The van der Waals surface area contributed by atoms with Crippen LogP contribution in [0, 0.1) is 10.1 Å². The summed E-state index contributed by atoms with van der Waals surface area (Å²) in [5, 5.41) is 10.9. The van der Waals surface area contributed by atoms with Gasteiger partial charge in [0.25, 0.3) is 14.7 Å². The van der Waals surface area contributed by atoms with E-state index in [1.807, 2.05) is 0 Å². The van der Waals surface area contributed by atoms with Gasteiger partial charge in [-0.3, -0.25) is 10.1 Å². The highest BCUT2D eigenvalue weighted by Gasteiger charge is 2.28. The average molecular weight is 298 g/mol. The zero-order chi connectivity index (χ0) is 14.0. The summed E-state index contributed by atoms with van der Waals surface area (Å²) in [5.41, 5.74) is 0.228. The Hall–Kier alpha value is -1.92. The molecule has 7 heteroatoms. The second kappa shape index (κ2) is 4.99. The molecule has 0 aliphatic carbocycles. The van der Waals surface area contributed by atoms with Crippen molar-refractivity contribution in [2.45, 2.75) is 4.90 Å². The van der Waals surface area contributed by atoms with Gasteiger partial charge in [-0.1, -0.05) is 42.5 Å². The van der Waals surface area contributed by atoms with Crippen molar-refractivity contribution in [2.24, 2.45) is 0 Å². The summed E-state index contributed by atoms with van der Waals surface area (Å²) in [4.78, 5) is 9.69. The Kier molecular flexibility index (Phi) is 3.55. The monoisotopic (exact) mass is 297 g/mol. The molecular formula is C12H8ClNO4S. The van der Waals surface area contributed by atoms with Crippen LogP contribution in [0.3, 0.4) is 0 Å². The summed E-state index contributed by atoms with van der Waals surface area (Å²) in [7, 11) is 1.10. The van der Waals surface area contributed by atoms with E-state index in [-0.39, 0.29) is 5.56 Å². The summed E-state index contributed by atoms with van der Waals surface area (Å²) in [6, 6.07) is 12.5. The zero-order valence-corrected chi connectivity index (χ0v) is 11.1. The smallest absolute Gasteiger partial charge is 0.258 e. The van der Waals surface area contributed by atoms with Crippen molar-refractivity contribution >= 4 is 25.4 Å². The number of nitro benzene ring substituents is 1. The van der Waals surface area contributed by atoms with Crippen molar-refractivity contribution in [3.63, 3.8) is 0 Å². The molecule has 0 amide bonds. The molecule has 0 N–H and O–H groups in total. The van der Waals surface area contributed by atoms with Gasteiger partial charge in [-0.05, 0) is 5.56 Å². The van der Waals surface area contributed by atoms with Gasteiger partial charge in [0.15, 0.2) is 4.90 Å². The van der Waals surface area contributed by atoms with Gasteiger partial charge in [-0.2, -0.15) is 0 Å². The van der Waals surface area contributed by atoms with Crippen molar-refractivity contribution in [3.8, 4) is 11.1 Å². The molecule has 0 aromatic heterocycles. The van der Waals surface area contributed by atoms with Crippen molar-refractivity contribution < 1.29 is 13.3 Å². The Balaban J connectivity index is 2.83. The summed E-state index contributed by atoms with van der Waals surface area (Å²) < 4.78 is 23.2. The molecule has 0 radical (unpaired) electrons. The Morgan fingerprint density at radius 1 is 1.00 bits per heavy atom. The van der Waals surface area contributed by atoms with Gasteiger partial charge < -0.3 is 0 Å². The van der Waals surface area contributed by atoms with Gasteiger partial charge in [0.05, 0.1) is 4.92 Å². The average Bonchev–Trinajstić information content (AvgIpc) is 2.38. The van der Waals surface area contributed by atoms with Crippen LogP contribution in [0.1, 0.15) is 0 Å². The summed E-state index contributed by atoms with van der Waals surface area (Å²) in [5.74, 6) is 0. The zero-order valence-electron chi connectivity index (χ0n) is 9.49. The van der Waals surface area contributed by atoms with Gasteiger partial charge in [0, 0.05) is 22.3 Å². The van der Waals surface area contributed by atoms with Gasteiger partial charge >= 0.3 is 0 Å². The molecule has 0 bridgehead atoms. The van der Waals surface area contributed by atoms with E-state index in [0.717, 1.165) is 6.07 Å². The molecule has 0 aliphatic heterocycles. The van der Waals surface area contributed by atoms with Gasteiger partial charge in [0.1, 0.15) is 0 Å². The third kappa shape index (κ3) is 2.74. The Labute approximate surface area is 114 Å². The standard InChI is InChI=1S/C12H8ClNO4S/c13-19(17,18)12-10(9-5-2-1-3-6-9)7-4-8-11(12)14(15)16/h1-8H. The first-order valence-electron chi connectivity index (χ1n) is 5.19. The maximum Gasteiger partial charge on any atom is 0.289 e. The number of hydrogen-bond donors (Lipinski definition) is 0. The van der Waals surface area contributed by atoms with E-state index in [9.17, 15) is 18.5 Å². The molecule has 5 nitrogen and oxygen atoms in total. The quantitative estimate of drug-likeness (QED) is 0.495. The maximum atomic E-state index is 11.6. The lowest BCUT2D eigenvalue weighted by atomic mass is 10.1. The topological polar surface area (TPSA) is 77.3 Å². The Morgan fingerprint density at radius 2 is 1.63 bits per heavy atom. The lowest BCUT2D eigenvalue weighted by molar-refractivity contribution is -0.387. The SMILES string of the molecule is O=[N+]([O-])c1cccc(-c2ccccc2)c1S(=O)(=O)Cl. The highest BCUT2D eigenvalue weighted by molar-refractivity contribution is 8.14. The molecule has 0 saturated heterocycles. The van der Waals surface area contributed by atoms with Crippen LogP contribution in [0.5, 0.6) is 0 Å². The molecule has 0 aliphatic rings. The highest BCUT2D eigenvalue weighted by atomic mass is 35.7. The van der Waals surface area contributed by atoms with Crippen LogP contribution in [0.4, 0.5) is 5.69 Å². The number of hydrogen-bond acceptors (Lipinski definition) is 4. The fourth-order valence-corrected chi connectivity index (χ4v) is 3.10. The maximum absolute atomic E-state index is 11.6. The van der Waals surface area contributed by atoms with Crippen LogP contribution >= 0.6 is 10.7 Å². The first-order valence-corrected chi connectivity index (χ1v) is 7.49. The fraction of sp³-hybridized carbons (Fsp3) is 0. The van der Waals surface area contributed by atoms with E-state index in [1.54, 1.807) is 30.3 Å². The van der Waals surface area contributed by atoms with Crippen LogP contribution in [-0.4, -0.2) is 13.3 Å². The normalized spacial score (nSPS) is 11.2. The third-order valence-corrected chi connectivity index (χ3v) is 3.90. The van der Waals surface area contributed by atoms with Crippen molar-refractivity contribution in [1.29, 1.82) is 0 Å². The molecule has 0 atom stereocenters. The van der Waals surface area contributed by atoms with E-state index in [1.165, 1.54) is 12.1 Å². The van der Waals surface area contributed by atoms with Gasteiger partial charge in [-0.25, -0.2) is 8.42 Å². The largest absolute Gasteiger partial charge is 0.289 e. The number of benzene rings is 2.